The summed E-state index contributed by atoms with van der Waals surface area (Å²) in [5.74, 6) is 1.01. The predicted molar refractivity (Wildman–Crippen MR) is 83.6 cm³/mol. The number of hydrogen-bond acceptors (Lipinski definition) is 5. The predicted octanol–water partition coefficient (Wildman–Crippen LogP) is 2.12. The molecule has 0 spiro atoms. The Labute approximate surface area is 138 Å². The zero-order valence-electron chi connectivity index (χ0n) is 12.6. The molecule has 7 nitrogen and oxygen atoms in total. The van der Waals surface area contributed by atoms with E-state index < -0.39 is 0 Å². The summed E-state index contributed by atoms with van der Waals surface area (Å²) in [5.41, 5.74) is 0.496. The van der Waals surface area contributed by atoms with Crippen LogP contribution in [-0.2, 0) is 4.74 Å². The first-order valence-electron chi connectivity index (χ1n) is 7.30. The van der Waals surface area contributed by atoms with Crippen molar-refractivity contribution in [2.24, 2.45) is 0 Å². The van der Waals surface area contributed by atoms with E-state index in [0.29, 0.717) is 22.9 Å². The van der Waals surface area contributed by atoms with Crippen molar-refractivity contribution in [1.82, 2.24) is 20.5 Å². The second-order valence-electron chi connectivity index (χ2n) is 5.25. The fourth-order valence-electron chi connectivity index (χ4n) is 2.54. The number of hydrogen-bond donors (Lipinski definition) is 2. The average Bonchev–Trinajstić information content (AvgIpc) is 3.24. The van der Waals surface area contributed by atoms with E-state index in [1.54, 1.807) is 18.2 Å². The monoisotopic (exact) mass is 336 g/mol. The molecule has 0 bridgehead atoms. The van der Waals surface area contributed by atoms with E-state index in [-0.39, 0.29) is 18.1 Å². The minimum atomic E-state index is -0.188. The summed E-state index contributed by atoms with van der Waals surface area (Å²) >= 11 is 5.96. The maximum Gasteiger partial charge on any atom is 0.251 e. The zero-order valence-corrected chi connectivity index (χ0v) is 13.3. The molecule has 1 fully saturated rings. The standard InChI is InChI=1S/C15H17ClN4O3/c1-22-13-6-9(2-4-11(13)16)15(21)17-7-10-3-5-12(23-10)14-18-8-19-20-14/h2,4,6,8,10,12H,3,5,7H2,1H3,(H,17,21)(H,18,19,20)/t10-,12+/m0/s1. The molecule has 1 amide bonds. The Hall–Kier alpha value is -2.12. The van der Waals surface area contributed by atoms with Gasteiger partial charge in [-0.25, -0.2) is 4.98 Å². The number of amides is 1. The van der Waals surface area contributed by atoms with Crippen LogP contribution in [0.3, 0.4) is 0 Å². The van der Waals surface area contributed by atoms with Crippen LogP contribution in [0.2, 0.25) is 5.02 Å². The minimum absolute atomic E-state index is 0.0387. The number of aromatic nitrogens is 3. The minimum Gasteiger partial charge on any atom is -0.495 e. The maximum absolute atomic E-state index is 12.2. The van der Waals surface area contributed by atoms with Crippen LogP contribution in [0.4, 0.5) is 0 Å². The van der Waals surface area contributed by atoms with Gasteiger partial charge < -0.3 is 14.8 Å². The molecule has 3 rings (SSSR count). The second-order valence-corrected chi connectivity index (χ2v) is 5.66. The summed E-state index contributed by atoms with van der Waals surface area (Å²) in [6, 6.07) is 4.92. The number of methoxy groups -OCH3 is 1. The fourth-order valence-corrected chi connectivity index (χ4v) is 2.73. The molecule has 0 saturated carbocycles. The number of rotatable bonds is 5. The molecular weight excluding hydrogens is 320 g/mol. The van der Waals surface area contributed by atoms with Crippen molar-refractivity contribution in [3.63, 3.8) is 0 Å². The molecule has 1 aliphatic heterocycles. The summed E-state index contributed by atoms with van der Waals surface area (Å²) < 4.78 is 11.0. The van der Waals surface area contributed by atoms with E-state index in [2.05, 4.69) is 20.5 Å². The van der Waals surface area contributed by atoms with Crippen molar-refractivity contribution < 1.29 is 14.3 Å². The van der Waals surface area contributed by atoms with E-state index in [9.17, 15) is 4.79 Å². The lowest BCUT2D eigenvalue weighted by Gasteiger charge is -2.13. The SMILES string of the molecule is COc1cc(C(=O)NC[C@@H]2CC[C@H](c3ncn[nH]3)O2)ccc1Cl. The highest BCUT2D eigenvalue weighted by Crippen LogP contribution is 2.30. The zero-order chi connectivity index (χ0) is 16.2. The first-order chi connectivity index (χ1) is 11.2. The van der Waals surface area contributed by atoms with Crippen LogP contribution in [0.5, 0.6) is 5.75 Å². The summed E-state index contributed by atoms with van der Waals surface area (Å²) in [4.78, 5) is 16.3. The Morgan fingerprint density at radius 3 is 3.13 bits per heavy atom. The maximum atomic E-state index is 12.2. The largest absolute Gasteiger partial charge is 0.495 e. The summed E-state index contributed by atoms with van der Waals surface area (Å²) in [6.45, 7) is 0.439. The van der Waals surface area contributed by atoms with E-state index in [1.807, 2.05) is 0 Å². The molecule has 0 unspecified atom stereocenters. The number of benzene rings is 1. The van der Waals surface area contributed by atoms with E-state index in [0.717, 1.165) is 18.7 Å². The molecule has 0 radical (unpaired) electrons. The Bertz CT molecular complexity index is 677. The van der Waals surface area contributed by atoms with Gasteiger partial charge in [-0.3, -0.25) is 9.89 Å². The molecule has 0 aliphatic carbocycles. The molecular formula is C15H17ClN4O3. The summed E-state index contributed by atoms with van der Waals surface area (Å²) in [7, 11) is 1.51. The lowest BCUT2D eigenvalue weighted by atomic mass is 10.1. The van der Waals surface area contributed by atoms with Crippen LogP contribution >= 0.6 is 11.6 Å². The Morgan fingerprint density at radius 1 is 1.52 bits per heavy atom. The Kier molecular flexibility index (Phi) is 4.78. The first kappa shape index (κ1) is 15.8. The number of carbonyl (C=O) groups excluding carboxylic acids is 1. The van der Waals surface area contributed by atoms with Crippen molar-refractivity contribution in [3.05, 3.63) is 40.9 Å². The van der Waals surface area contributed by atoms with Gasteiger partial charge in [0.2, 0.25) is 0 Å². The number of nitrogens with zero attached hydrogens (tertiary/aromatic N) is 2. The highest BCUT2D eigenvalue weighted by molar-refractivity contribution is 6.32. The third-order valence-electron chi connectivity index (χ3n) is 3.75. The summed E-state index contributed by atoms with van der Waals surface area (Å²) in [5, 5.41) is 9.97. The van der Waals surface area contributed by atoms with Crippen molar-refractivity contribution in [2.75, 3.05) is 13.7 Å². The van der Waals surface area contributed by atoms with Gasteiger partial charge in [0.05, 0.1) is 18.2 Å². The van der Waals surface area contributed by atoms with Gasteiger partial charge in [0.15, 0.2) is 5.82 Å². The van der Waals surface area contributed by atoms with Crippen molar-refractivity contribution >= 4 is 17.5 Å². The fraction of sp³-hybridized carbons (Fsp3) is 0.400. The number of aromatic amines is 1. The van der Waals surface area contributed by atoms with Gasteiger partial charge >= 0.3 is 0 Å². The van der Waals surface area contributed by atoms with Gasteiger partial charge in [-0.15, -0.1) is 0 Å². The molecule has 1 aromatic carbocycles. The van der Waals surface area contributed by atoms with Crippen LogP contribution < -0.4 is 10.1 Å². The highest BCUT2D eigenvalue weighted by atomic mass is 35.5. The van der Waals surface area contributed by atoms with Crippen LogP contribution in [0.15, 0.2) is 24.5 Å². The van der Waals surface area contributed by atoms with Crippen LogP contribution in [0, 0.1) is 0 Å². The number of carbonyl (C=O) groups is 1. The third-order valence-corrected chi connectivity index (χ3v) is 4.06. The van der Waals surface area contributed by atoms with Crippen LogP contribution in [0.25, 0.3) is 0 Å². The molecule has 8 heteroatoms. The summed E-state index contributed by atoms with van der Waals surface area (Å²) in [6.07, 6.45) is 3.04. The average molecular weight is 337 g/mol. The van der Waals surface area contributed by atoms with Crippen LogP contribution in [0.1, 0.15) is 35.1 Å². The van der Waals surface area contributed by atoms with Gasteiger partial charge in [-0.2, -0.15) is 5.10 Å². The lowest BCUT2D eigenvalue weighted by Crippen LogP contribution is -2.31. The Morgan fingerprint density at radius 2 is 2.39 bits per heavy atom. The molecule has 1 saturated heterocycles. The Balaban J connectivity index is 1.53. The van der Waals surface area contributed by atoms with Crippen molar-refractivity contribution in [1.29, 1.82) is 0 Å². The number of H-pyrrole nitrogens is 1. The van der Waals surface area contributed by atoms with Crippen LogP contribution in [-0.4, -0.2) is 40.8 Å². The van der Waals surface area contributed by atoms with E-state index in [1.165, 1.54) is 13.4 Å². The third kappa shape index (κ3) is 3.62. The molecule has 2 heterocycles. The molecule has 2 N–H and O–H groups in total. The number of halogens is 1. The molecule has 1 aliphatic rings. The van der Waals surface area contributed by atoms with Gasteiger partial charge in [0, 0.05) is 12.1 Å². The molecule has 23 heavy (non-hydrogen) atoms. The highest BCUT2D eigenvalue weighted by Gasteiger charge is 2.28. The lowest BCUT2D eigenvalue weighted by molar-refractivity contribution is 0.0392. The first-order valence-corrected chi connectivity index (χ1v) is 7.67. The number of ether oxygens (including phenoxy) is 2. The molecule has 2 atom stereocenters. The van der Waals surface area contributed by atoms with E-state index in [4.69, 9.17) is 21.1 Å². The molecule has 122 valence electrons. The topological polar surface area (TPSA) is 89.1 Å². The van der Waals surface area contributed by atoms with Gasteiger partial charge in [-0.05, 0) is 31.0 Å². The smallest absolute Gasteiger partial charge is 0.251 e. The second kappa shape index (κ2) is 6.97. The quantitative estimate of drug-likeness (QED) is 0.873. The van der Waals surface area contributed by atoms with Crippen molar-refractivity contribution in [3.8, 4) is 5.75 Å². The van der Waals surface area contributed by atoms with Crippen molar-refractivity contribution in [2.45, 2.75) is 25.0 Å². The normalized spacial score (nSPS) is 20.4. The molecule has 1 aromatic heterocycles. The van der Waals surface area contributed by atoms with Gasteiger partial charge in [0.1, 0.15) is 18.2 Å². The van der Waals surface area contributed by atoms with Gasteiger partial charge in [0.25, 0.3) is 5.91 Å². The van der Waals surface area contributed by atoms with E-state index >= 15 is 0 Å². The number of nitrogens with one attached hydrogen (secondary N) is 2. The molecule has 2 aromatic rings. The van der Waals surface area contributed by atoms with Gasteiger partial charge in [-0.1, -0.05) is 11.6 Å².